The zero-order valence-electron chi connectivity index (χ0n) is 11.0. The van der Waals surface area contributed by atoms with Crippen LogP contribution in [0.1, 0.15) is 18.5 Å². The van der Waals surface area contributed by atoms with Crippen LogP contribution in [0, 0.1) is 5.82 Å². The second-order valence-electron chi connectivity index (χ2n) is 4.47. The van der Waals surface area contributed by atoms with Crippen LogP contribution in [0.4, 0.5) is 4.39 Å². The number of rotatable bonds is 4. The molecule has 0 fully saturated rings. The normalized spacial score (nSPS) is 13.1. The van der Waals surface area contributed by atoms with E-state index in [0.29, 0.717) is 10.6 Å². The van der Waals surface area contributed by atoms with Crippen LogP contribution in [0.5, 0.6) is 0 Å². The maximum atomic E-state index is 13.7. The van der Waals surface area contributed by atoms with E-state index in [1.807, 2.05) is 0 Å². The fourth-order valence-electron chi connectivity index (χ4n) is 1.83. The van der Waals surface area contributed by atoms with E-state index in [1.165, 1.54) is 6.07 Å². The van der Waals surface area contributed by atoms with Crippen LogP contribution in [0.2, 0.25) is 10.0 Å². The largest absolute Gasteiger partial charge is 0.244 e. The molecule has 0 aliphatic heterocycles. The minimum Gasteiger partial charge on any atom is -0.207 e. The second kappa shape index (κ2) is 6.32. The zero-order valence-corrected chi connectivity index (χ0v) is 13.3. The number of hydrogen-bond donors (Lipinski definition) is 1. The van der Waals surface area contributed by atoms with E-state index in [2.05, 4.69) is 4.72 Å². The summed E-state index contributed by atoms with van der Waals surface area (Å²) in [6.45, 7) is 1.65. The summed E-state index contributed by atoms with van der Waals surface area (Å²) in [7, 11) is -3.99. The minimum atomic E-state index is -3.99. The maximum Gasteiger partial charge on any atom is 0.244 e. The molecule has 2 rings (SSSR count). The van der Waals surface area contributed by atoms with Crippen molar-refractivity contribution in [2.75, 3.05) is 0 Å². The Kier molecular flexibility index (Phi) is 4.88. The predicted octanol–water partition coefficient (Wildman–Crippen LogP) is 4.17. The Morgan fingerprint density at radius 2 is 1.76 bits per heavy atom. The molecule has 0 aromatic heterocycles. The summed E-state index contributed by atoms with van der Waals surface area (Å²) in [5, 5.41) is 0.630. The average Bonchev–Trinajstić information content (AvgIpc) is 2.37. The fourth-order valence-corrected chi connectivity index (χ4v) is 3.48. The van der Waals surface area contributed by atoms with Crippen molar-refractivity contribution in [3.05, 3.63) is 63.9 Å². The molecular weight excluding hydrogens is 336 g/mol. The van der Waals surface area contributed by atoms with Gasteiger partial charge >= 0.3 is 0 Å². The van der Waals surface area contributed by atoms with E-state index >= 15 is 0 Å². The van der Waals surface area contributed by atoms with Crippen LogP contribution in [0.3, 0.4) is 0 Å². The van der Waals surface area contributed by atoms with Gasteiger partial charge in [0.15, 0.2) is 0 Å². The molecule has 0 unspecified atom stereocenters. The first-order valence-corrected chi connectivity index (χ1v) is 8.26. The first kappa shape index (κ1) is 16.2. The average molecular weight is 348 g/mol. The molecule has 0 amide bonds. The molecule has 0 aliphatic rings. The Morgan fingerprint density at radius 3 is 2.38 bits per heavy atom. The van der Waals surface area contributed by atoms with Gasteiger partial charge < -0.3 is 0 Å². The van der Waals surface area contributed by atoms with E-state index < -0.39 is 26.8 Å². The molecule has 0 saturated carbocycles. The van der Waals surface area contributed by atoms with Crippen molar-refractivity contribution >= 4 is 33.2 Å². The van der Waals surface area contributed by atoms with E-state index in [-0.39, 0.29) is 5.02 Å². The van der Waals surface area contributed by atoms with Crippen molar-refractivity contribution in [1.29, 1.82) is 0 Å². The molecule has 112 valence electrons. The summed E-state index contributed by atoms with van der Waals surface area (Å²) in [6, 6.07) is 9.64. The van der Waals surface area contributed by atoms with Gasteiger partial charge in [-0.2, -0.15) is 0 Å². The molecule has 7 heteroatoms. The third kappa shape index (κ3) is 3.95. The number of hydrogen-bond acceptors (Lipinski definition) is 2. The summed E-state index contributed by atoms with van der Waals surface area (Å²) in [5.74, 6) is -0.895. The lowest BCUT2D eigenvalue weighted by atomic mass is 10.1. The number of benzene rings is 2. The van der Waals surface area contributed by atoms with Gasteiger partial charge in [0, 0.05) is 16.1 Å². The molecule has 2 aromatic rings. The molecule has 0 aliphatic carbocycles. The Labute approximate surface area is 132 Å². The van der Waals surface area contributed by atoms with Crippen LogP contribution < -0.4 is 4.72 Å². The lowest BCUT2D eigenvalue weighted by Gasteiger charge is -2.15. The van der Waals surface area contributed by atoms with Crippen molar-refractivity contribution < 1.29 is 12.8 Å². The summed E-state index contributed by atoms with van der Waals surface area (Å²) in [6.07, 6.45) is 0. The first-order chi connectivity index (χ1) is 9.79. The van der Waals surface area contributed by atoms with Crippen molar-refractivity contribution in [3.63, 3.8) is 0 Å². The van der Waals surface area contributed by atoms with Gasteiger partial charge in [0.25, 0.3) is 0 Å². The summed E-state index contributed by atoms with van der Waals surface area (Å²) >= 11 is 11.5. The van der Waals surface area contributed by atoms with Gasteiger partial charge in [-0.05, 0) is 42.8 Å². The third-order valence-corrected chi connectivity index (χ3v) is 4.91. The molecule has 2 aromatic carbocycles. The Bertz CT molecular complexity index is 765. The van der Waals surface area contributed by atoms with E-state index in [4.69, 9.17) is 23.2 Å². The van der Waals surface area contributed by atoms with Crippen molar-refractivity contribution in [3.8, 4) is 0 Å². The second-order valence-corrected chi connectivity index (χ2v) is 7.03. The first-order valence-electron chi connectivity index (χ1n) is 6.02. The highest BCUT2D eigenvalue weighted by Gasteiger charge is 2.22. The van der Waals surface area contributed by atoms with Crippen LogP contribution in [-0.4, -0.2) is 8.42 Å². The zero-order chi connectivity index (χ0) is 15.6. The van der Waals surface area contributed by atoms with E-state index in [9.17, 15) is 12.8 Å². The summed E-state index contributed by atoms with van der Waals surface area (Å²) in [5.41, 5.74) is 0.681. The molecule has 0 saturated heterocycles. The number of sulfonamides is 1. The summed E-state index contributed by atoms with van der Waals surface area (Å²) < 4.78 is 40.6. The van der Waals surface area contributed by atoms with Crippen molar-refractivity contribution in [1.82, 2.24) is 4.72 Å². The molecule has 21 heavy (non-hydrogen) atoms. The Balaban J connectivity index is 2.29. The lowest BCUT2D eigenvalue weighted by molar-refractivity contribution is 0.547. The molecule has 0 radical (unpaired) electrons. The summed E-state index contributed by atoms with van der Waals surface area (Å²) in [4.78, 5) is -0.444. The smallest absolute Gasteiger partial charge is 0.207 e. The van der Waals surface area contributed by atoms with Crippen LogP contribution in [0.25, 0.3) is 0 Å². The fraction of sp³-hybridized carbons (Fsp3) is 0.143. The highest BCUT2D eigenvalue weighted by Crippen LogP contribution is 2.23. The molecule has 0 spiro atoms. The van der Waals surface area contributed by atoms with Crippen LogP contribution in [-0.2, 0) is 10.0 Å². The highest BCUT2D eigenvalue weighted by molar-refractivity contribution is 7.89. The van der Waals surface area contributed by atoms with Gasteiger partial charge in [0.1, 0.15) is 10.7 Å². The lowest BCUT2D eigenvalue weighted by Crippen LogP contribution is -2.27. The van der Waals surface area contributed by atoms with Gasteiger partial charge in [-0.1, -0.05) is 35.3 Å². The standard InChI is InChI=1S/C14H12Cl2FNO2S/c1-9(10-3-2-4-11(15)7-10)18-21(19,20)14-6-5-12(16)8-13(14)17/h2-9,18H,1H3/t9-/m1/s1. The predicted molar refractivity (Wildman–Crippen MR) is 81.6 cm³/mol. The molecule has 0 heterocycles. The topological polar surface area (TPSA) is 46.2 Å². The molecule has 3 nitrogen and oxygen atoms in total. The van der Waals surface area contributed by atoms with Crippen molar-refractivity contribution in [2.45, 2.75) is 17.9 Å². The van der Waals surface area contributed by atoms with Gasteiger partial charge in [-0.3, -0.25) is 0 Å². The monoisotopic (exact) mass is 347 g/mol. The SMILES string of the molecule is C[C@@H](NS(=O)(=O)c1ccc(Cl)cc1F)c1cccc(Cl)c1. The van der Waals surface area contributed by atoms with Crippen LogP contribution >= 0.6 is 23.2 Å². The number of halogens is 3. The quantitative estimate of drug-likeness (QED) is 0.901. The van der Waals surface area contributed by atoms with Gasteiger partial charge in [-0.25, -0.2) is 17.5 Å². The minimum absolute atomic E-state index is 0.134. The van der Waals surface area contributed by atoms with E-state index in [1.54, 1.807) is 31.2 Å². The highest BCUT2D eigenvalue weighted by atomic mass is 35.5. The van der Waals surface area contributed by atoms with Gasteiger partial charge in [0.2, 0.25) is 10.0 Å². The van der Waals surface area contributed by atoms with Gasteiger partial charge in [0.05, 0.1) is 0 Å². The Hall–Kier alpha value is -1.14. The molecular formula is C14H12Cl2FNO2S. The third-order valence-electron chi connectivity index (χ3n) is 2.86. The Morgan fingerprint density at radius 1 is 1.10 bits per heavy atom. The molecule has 1 N–H and O–H groups in total. The van der Waals surface area contributed by atoms with Crippen LogP contribution in [0.15, 0.2) is 47.4 Å². The van der Waals surface area contributed by atoms with Gasteiger partial charge in [-0.15, -0.1) is 0 Å². The van der Waals surface area contributed by atoms with Crippen molar-refractivity contribution in [2.24, 2.45) is 0 Å². The van der Waals surface area contributed by atoms with E-state index in [0.717, 1.165) is 12.1 Å². The molecule has 0 bridgehead atoms. The number of nitrogens with one attached hydrogen (secondary N) is 1. The maximum absolute atomic E-state index is 13.7. The molecule has 1 atom stereocenters.